The summed E-state index contributed by atoms with van der Waals surface area (Å²) in [7, 11) is 0. The van der Waals surface area contributed by atoms with Crippen LogP contribution >= 0.6 is 0 Å². The van der Waals surface area contributed by atoms with E-state index in [2.05, 4.69) is 4.98 Å². The summed E-state index contributed by atoms with van der Waals surface area (Å²) in [6.45, 7) is 0.691. The number of carbonyl (C=O) groups is 2. The zero-order valence-electron chi connectivity index (χ0n) is 9.80. The van der Waals surface area contributed by atoms with Crippen LogP contribution in [0.4, 0.5) is 0 Å². The smallest absolute Gasteiger partial charge is 0.339 e. The maximum Gasteiger partial charge on any atom is 0.339 e. The Bertz CT molecular complexity index is 387. The Morgan fingerprint density at radius 1 is 1.00 bits per heavy atom. The molecule has 1 aromatic heterocycles. The first-order valence-electron chi connectivity index (χ1n) is 5.38. The molecule has 0 atom stereocenters. The molecule has 0 saturated heterocycles. The Labute approximate surface area is 104 Å². The van der Waals surface area contributed by atoms with Crippen molar-refractivity contribution in [2.45, 2.75) is 0 Å². The van der Waals surface area contributed by atoms with Crippen molar-refractivity contribution in [1.82, 2.24) is 4.98 Å². The van der Waals surface area contributed by atoms with Crippen molar-refractivity contribution in [2.24, 2.45) is 11.5 Å². The minimum atomic E-state index is -0.582. The van der Waals surface area contributed by atoms with Gasteiger partial charge in [-0.1, -0.05) is 0 Å². The van der Waals surface area contributed by atoms with Gasteiger partial charge in [0.05, 0.1) is 11.1 Å². The number of aromatic nitrogens is 1. The quantitative estimate of drug-likeness (QED) is 0.644. The lowest BCUT2D eigenvalue weighted by molar-refractivity contribution is 0.0514. The molecule has 0 aromatic carbocycles. The van der Waals surface area contributed by atoms with E-state index < -0.39 is 11.9 Å². The summed E-state index contributed by atoms with van der Waals surface area (Å²) in [5.74, 6) is -1.16. The van der Waals surface area contributed by atoms with Gasteiger partial charge in [-0.2, -0.15) is 0 Å². The number of hydrogen-bond donors (Lipinski definition) is 2. The normalized spacial score (nSPS) is 9.89. The predicted molar refractivity (Wildman–Crippen MR) is 62.9 cm³/mol. The van der Waals surface area contributed by atoms with E-state index in [-0.39, 0.29) is 37.4 Å². The second kappa shape index (κ2) is 7.36. The van der Waals surface area contributed by atoms with E-state index >= 15 is 0 Å². The summed E-state index contributed by atoms with van der Waals surface area (Å²) in [5, 5.41) is 0. The van der Waals surface area contributed by atoms with E-state index in [1.807, 2.05) is 0 Å². The van der Waals surface area contributed by atoms with Crippen LogP contribution in [0.1, 0.15) is 20.7 Å². The summed E-state index contributed by atoms with van der Waals surface area (Å²) in [5.41, 5.74) is 10.8. The van der Waals surface area contributed by atoms with Crippen LogP contribution in [0.25, 0.3) is 0 Å². The van der Waals surface area contributed by atoms with Gasteiger partial charge in [-0.25, -0.2) is 9.59 Å². The fraction of sp³-hybridized carbons (Fsp3) is 0.364. The maximum atomic E-state index is 11.5. The van der Waals surface area contributed by atoms with Gasteiger partial charge in [-0.05, 0) is 6.07 Å². The maximum absolute atomic E-state index is 11.5. The zero-order valence-corrected chi connectivity index (χ0v) is 9.80. The molecular formula is C11H15N3O4. The van der Waals surface area contributed by atoms with E-state index in [0.717, 1.165) is 0 Å². The standard InChI is InChI=1S/C11H15N3O4/c12-1-3-17-10(15)8-5-9(7-14-6-8)11(16)18-4-2-13/h5-7H,1-4,12-13H2. The van der Waals surface area contributed by atoms with Crippen LogP contribution in [0.15, 0.2) is 18.5 Å². The Balaban J connectivity index is 2.72. The third-order valence-corrected chi connectivity index (χ3v) is 1.91. The molecule has 0 amide bonds. The molecule has 4 N–H and O–H groups in total. The van der Waals surface area contributed by atoms with Gasteiger partial charge in [-0.15, -0.1) is 0 Å². The zero-order chi connectivity index (χ0) is 13.4. The highest BCUT2D eigenvalue weighted by Crippen LogP contribution is 2.06. The van der Waals surface area contributed by atoms with Gasteiger partial charge in [0, 0.05) is 25.5 Å². The van der Waals surface area contributed by atoms with Crippen molar-refractivity contribution in [2.75, 3.05) is 26.3 Å². The van der Waals surface area contributed by atoms with Crippen molar-refractivity contribution in [3.05, 3.63) is 29.6 Å². The molecule has 0 fully saturated rings. The molecule has 0 saturated carbocycles. The molecule has 0 aliphatic rings. The molecule has 0 unspecified atom stereocenters. The van der Waals surface area contributed by atoms with Gasteiger partial charge in [0.2, 0.25) is 0 Å². The van der Waals surface area contributed by atoms with Crippen molar-refractivity contribution < 1.29 is 19.1 Å². The lowest BCUT2D eigenvalue weighted by Gasteiger charge is -2.05. The average molecular weight is 253 g/mol. The molecule has 98 valence electrons. The molecule has 0 spiro atoms. The molecule has 18 heavy (non-hydrogen) atoms. The van der Waals surface area contributed by atoms with Gasteiger partial charge >= 0.3 is 11.9 Å². The largest absolute Gasteiger partial charge is 0.461 e. The number of carbonyl (C=O) groups excluding carboxylic acids is 2. The van der Waals surface area contributed by atoms with Crippen molar-refractivity contribution >= 4 is 11.9 Å². The first-order chi connectivity index (χ1) is 8.69. The molecule has 1 heterocycles. The topological polar surface area (TPSA) is 118 Å². The third kappa shape index (κ3) is 4.11. The van der Waals surface area contributed by atoms with E-state index in [4.69, 9.17) is 20.9 Å². The summed E-state index contributed by atoms with van der Waals surface area (Å²) >= 11 is 0. The SMILES string of the molecule is NCCOC(=O)c1cncc(C(=O)OCCN)c1. The highest BCUT2D eigenvalue weighted by atomic mass is 16.5. The Morgan fingerprint density at radius 3 is 1.83 bits per heavy atom. The number of ether oxygens (including phenoxy) is 2. The molecule has 7 nitrogen and oxygen atoms in total. The number of esters is 2. The minimum Gasteiger partial charge on any atom is -0.461 e. The van der Waals surface area contributed by atoms with E-state index in [1.165, 1.54) is 18.5 Å². The van der Waals surface area contributed by atoms with Crippen LogP contribution < -0.4 is 11.5 Å². The highest BCUT2D eigenvalue weighted by molar-refractivity contribution is 5.94. The number of hydrogen-bond acceptors (Lipinski definition) is 7. The van der Waals surface area contributed by atoms with Crippen LogP contribution in [-0.4, -0.2) is 43.2 Å². The van der Waals surface area contributed by atoms with E-state index in [0.29, 0.717) is 0 Å². The lowest BCUT2D eigenvalue weighted by Crippen LogP contribution is -2.16. The van der Waals surface area contributed by atoms with Crippen LogP contribution in [0.5, 0.6) is 0 Å². The molecular weight excluding hydrogens is 238 g/mol. The molecule has 1 aromatic rings. The number of rotatable bonds is 6. The average Bonchev–Trinajstić information content (AvgIpc) is 2.42. The second-order valence-corrected chi connectivity index (χ2v) is 3.31. The van der Waals surface area contributed by atoms with Gasteiger partial charge in [0.25, 0.3) is 0 Å². The van der Waals surface area contributed by atoms with Crippen LogP contribution in [0.2, 0.25) is 0 Å². The predicted octanol–water partition coefficient (Wildman–Crippen LogP) is -0.687. The van der Waals surface area contributed by atoms with Crippen LogP contribution in [0.3, 0.4) is 0 Å². The summed E-state index contributed by atoms with van der Waals surface area (Å²) < 4.78 is 9.63. The van der Waals surface area contributed by atoms with Gasteiger partial charge < -0.3 is 20.9 Å². The van der Waals surface area contributed by atoms with Crippen molar-refractivity contribution in [3.8, 4) is 0 Å². The summed E-state index contributed by atoms with van der Waals surface area (Å²) in [6.07, 6.45) is 2.61. The first kappa shape index (κ1) is 14.1. The number of nitrogens with zero attached hydrogens (tertiary/aromatic N) is 1. The second-order valence-electron chi connectivity index (χ2n) is 3.31. The van der Waals surface area contributed by atoms with Gasteiger partial charge in [0.1, 0.15) is 13.2 Å². The number of nitrogens with two attached hydrogens (primary N) is 2. The highest BCUT2D eigenvalue weighted by Gasteiger charge is 2.12. The minimum absolute atomic E-state index is 0.112. The van der Waals surface area contributed by atoms with Crippen LogP contribution in [-0.2, 0) is 9.47 Å². The number of pyridine rings is 1. The monoisotopic (exact) mass is 253 g/mol. The van der Waals surface area contributed by atoms with E-state index in [1.54, 1.807) is 0 Å². The Morgan fingerprint density at radius 2 is 1.44 bits per heavy atom. The van der Waals surface area contributed by atoms with Gasteiger partial charge in [-0.3, -0.25) is 4.98 Å². The van der Waals surface area contributed by atoms with E-state index in [9.17, 15) is 9.59 Å². The molecule has 0 aliphatic heterocycles. The van der Waals surface area contributed by atoms with Crippen molar-refractivity contribution in [3.63, 3.8) is 0 Å². The lowest BCUT2D eigenvalue weighted by atomic mass is 10.2. The third-order valence-electron chi connectivity index (χ3n) is 1.91. The fourth-order valence-electron chi connectivity index (χ4n) is 1.13. The molecule has 7 heteroatoms. The van der Waals surface area contributed by atoms with Crippen LogP contribution in [0, 0.1) is 0 Å². The molecule has 1 rings (SSSR count). The summed E-state index contributed by atoms with van der Waals surface area (Å²) in [4.78, 5) is 26.8. The molecule has 0 bridgehead atoms. The summed E-state index contributed by atoms with van der Waals surface area (Å²) in [6, 6.07) is 1.35. The molecule has 0 aliphatic carbocycles. The van der Waals surface area contributed by atoms with Crippen molar-refractivity contribution in [1.29, 1.82) is 0 Å². The Hall–Kier alpha value is -1.99. The Kier molecular flexibility index (Phi) is 5.75. The molecule has 0 radical (unpaired) electrons. The van der Waals surface area contributed by atoms with Gasteiger partial charge in [0.15, 0.2) is 0 Å². The fourth-order valence-corrected chi connectivity index (χ4v) is 1.13. The first-order valence-corrected chi connectivity index (χ1v) is 5.38.